The number of thiophene rings is 1. The topological polar surface area (TPSA) is 51.1 Å². The van der Waals surface area contributed by atoms with Crippen LogP contribution < -0.4 is 4.90 Å². The van der Waals surface area contributed by atoms with Crippen LogP contribution in [0, 0.1) is 0 Å². The Kier molecular flexibility index (Phi) is 4.38. The molecule has 1 fully saturated rings. The molecule has 0 aromatic carbocycles. The number of rotatable bonds is 5. The van der Waals surface area contributed by atoms with Gasteiger partial charge in [0.1, 0.15) is 10.6 Å². The Morgan fingerprint density at radius 3 is 3.15 bits per heavy atom. The molecule has 1 aliphatic heterocycles. The third-order valence-electron chi connectivity index (χ3n) is 5.36. The number of aryl methyl sites for hydroxylation is 2. The van der Waals surface area contributed by atoms with E-state index in [0.717, 1.165) is 48.0 Å². The van der Waals surface area contributed by atoms with Gasteiger partial charge >= 0.3 is 0 Å². The van der Waals surface area contributed by atoms with Crippen molar-refractivity contribution in [2.75, 3.05) is 24.6 Å². The van der Waals surface area contributed by atoms with Gasteiger partial charge in [0.2, 0.25) is 0 Å². The first-order chi connectivity index (χ1) is 13.3. The number of aromatic nitrogens is 3. The lowest BCUT2D eigenvalue weighted by Gasteiger charge is -2.20. The normalized spacial score (nSPS) is 19.0. The highest BCUT2D eigenvalue weighted by molar-refractivity contribution is 7.19. The van der Waals surface area contributed by atoms with Crippen LogP contribution in [0.1, 0.15) is 23.3 Å². The van der Waals surface area contributed by atoms with E-state index >= 15 is 0 Å². The fraction of sp³-hybridized carbons (Fsp3) is 0.381. The van der Waals surface area contributed by atoms with Crippen molar-refractivity contribution >= 4 is 27.4 Å². The van der Waals surface area contributed by atoms with E-state index < -0.39 is 0 Å². The Labute approximate surface area is 162 Å². The zero-order valence-electron chi connectivity index (χ0n) is 15.2. The van der Waals surface area contributed by atoms with Gasteiger partial charge in [-0.25, -0.2) is 9.97 Å². The predicted molar refractivity (Wildman–Crippen MR) is 109 cm³/mol. The highest BCUT2D eigenvalue weighted by Crippen LogP contribution is 2.42. The molecular weight excluding hydrogens is 356 g/mol. The van der Waals surface area contributed by atoms with E-state index in [1.54, 1.807) is 6.20 Å². The summed E-state index contributed by atoms with van der Waals surface area (Å²) in [5, 5.41) is 1.27. The third-order valence-corrected chi connectivity index (χ3v) is 6.55. The minimum atomic E-state index is 0.238. The van der Waals surface area contributed by atoms with Crippen molar-refractivity contribution in [1.82, 2.24) is 15.0 Å². The molecule has 3 aromatic heterocycles. The molecule has 2 aliphatic rings. The van der Waals surface area contributed by atoms with Crippen LogP contribution >= 0.6 is 11.3 Å². The molecule has 1 saturated heterocycles. The van der Waals surface area contributed by atoms with E-state index in [9.17, 15) is 0 Å². The molecule has 0 N–H and O–H groups in total. The molecule has 6 heteroatoms. The monoisotopic (exact) mass is 378 g/mol. The molecule has 5 rings (SSSR count). The van der Waals surface area contributed by atoms with Gasteiger partial charge in [0, 0.05) is 35.9 Å². The van der Waals surface area contributed by atoms with Gasteiger partial charge in [-0.05, 0) is 43.4 Å². The highest BCUT2D eigenvalue weighted by Gasteiger charge is 2.29. The average molecular weight is 379 g/mol. The smallest absolute Gasteiger partial charge is 0.164 e. The van der Waals surface area contributed by atoms with Crippen LogP contribution in [-0.4, -0.2) is 40.8 Å². The zero-order chi connectivity index (χ0) is 18.2. The van der Waals surface area contributed by atoms with Crippen molar-refractivity contribution in [3.8, 4) is 11.4 Å². The molecule has 0 spiro atoms. The molecule has 27 heavy (non-hydrogen) atoms. The average Bonchev–Trinajstić information content (AvgIpc) is 3.42. The molecule has 3 aromatic rings. The molecule has 1 atom stereocenters. The molecule has 1 aliphatic carbocycles. The first-order valence-electron chi connectivity index (χ1n) is 9.53. The highest BCUT2D eigenvalue weighted by atomic mass is 32.1. The summed E-state index contributed by atoms with van der Waals surface area (Å²) in [6, 6.07) is 3.96. The fourth-order valence-electron chi connectivity index (χ4n) is 4.09. The maximum atomic E-state index is 5.89. The minimum Gasteiger partial charge on any atom is -0.372 e. The quantitative estimate of drug-likeness (QED) is 0.628. The van der Waals surface area contributed by atoms with Gasteiger partial charge in [-0.2, -0.15) is 0 Å². The molecule has 4 heterocycles. The second-order valence-corrected chi connectivity index (χ2v) is 8.21. The van der Waals surface area contributed by atoms with Crippen LogP contribution in [0.25, 0.3) is 21.6 Å². The van der Waals surface area contributed by atoms with Gasteiger partial charge in [0.05, 0.1) is 18.1 Å². The first kappa shape index (κ1) is 16.8. The molecule has 0 radical (unpaired) electrons. The van der Waals surface area contributed by atoms with Gasteiger partial charge in [0.15, 0.2) is 5.82 Å². The lowest BCUT2D eigenvalue weighted by molar-refractivity contribution is 0.0909. The summed E-state index contributed by atoms with van der Waals surface area (Å²) in [4.78, 5) is 19.2. The molecule has 0 bridgehead atoms. The van der Waals surface area contributed by atoms with E-state index in [1.165, 1.54) is 28.7 Å². The third kappa shape index (κ3) is 3.03. The number of hydrogen-bond donors (Lipinski definition) is 0. The Morgan fingerprint density at radius 1 is 1.33 bits per heavy atom. The van der Waals surface area contributed by atoms with Crippen molar-refractivity contribution < 1.29 is 4.74 Å². The number of nitrogens with zero attached hydrogens (tertiary/aromatic N) is 4. The van der Waals surface area contributed by atoms with Gasteiger partial charge < -0.3 is 9.64 Å². The van der Waals surface area contributed by atoms with Crippen molar-refractivity contribution in [3.05, 3.63) is 47.6 Å². The predicted octanol–water partition coefficient (Wildman–Crippen LogP) is 4.02. The Bertz CT molecular complexity index is 985. The lowest BCUT2D eigenvalue weighted by atomic mass is 10.1. The van der Waals surface area contributed by atoms with Crippen LogP contribution in [0.2, 0.25) is 0 Å². The van der Waals surface area contributed by atoms with Crippen LogP contribution in [-0.2, 0) is 17.6 Å². The number of ether oxygens (including phenoxy) is 1. The summed E-state index contributed by atoms with van der Waals surface area (Å²) in [6.07, 6.45) is 10.3. The van der Waals surface area contributed by atoms with Crippen molar-refractivity contribution in [2.24, 2.45) is 0 Å². The van der Waals surface area contributed by atoms with Gasteiger partial charge in [0.25, 0.3) is 0 Å². The Hall–Kier alpha value is -2.31. The number of fused-ring (bicyclic) bond motifs is 3. The molecule has 1 unspecified atom stereocenters. The van der Waals surface area contributed by atoms with Crippen molar-refractivity contribution in [1.29, 1.82) is 0 Å². The van der Waals surface area contributed by atoms with E-state index in [0.29, 0.717) is 6.61 Å². The molecular formula is C21H22N4OS. The minimum absolute atomic E-state index is 0.238. The van der Waals surface area contributed by atoms with Gasteiger partial charge in [-0.1, -0.05) is 6.08 Å². The lowest BCUT2D eigenvalue weighted by Crippen LogP contribution is -2.24. The first-order valence-corrected chi connectivity index (χ1v) is 10.4. The summed E-state index contributed by atoms with van der Waals surface area (Å²) in [6.45, 7) is 6.19. The van der Waals surface area contributed by atoms with Crippen LogP contribution in [0.3, 0.4) is 0 Å². The Balaban J connectivity index is 1.60. The van der Waals surface area contributed by atoms with E-state index in [-0.39, 0.29) is 6.10 Å². The molecule has 0 saturated carbocycles. The summed E-state index contributed by atoms with van der Waals surface area (Å²) >= 11 is 1.84. The summed E-state index contributed by atoms with van der Waals surface area (Å²) in [7, 11) is 0. The zero-order valence-corrected chi connectivity index (χ0v) is 16.0. The number of anilines is 1. The molecule has 5 nitrogen and oxygen atoms in total. The van der Waals surface area contributed by atoms with Crippen LogP contribution in [0.4, 0.5) is 5.82 Å². The maximum absolute atomic E-state index is 5.89. The second-order valence-electron chi connectivity index (χ2n) is 7.13. The van der Waals surface area contributed by atoms with E-state index in [1.807, 2.05) is 35.7 Å². The van der Waals surface area contributed by atoms with Crippen LogP contribution in [0.15, 0.2) is 37.2 Å². The summed E-state index contributed by atoms with van der Waals surface area (Å²) in [5.41, 5.74) is 2.44. The SMILES string of the molecule is C=CCOC1CCN(c2nc(-c3cccnc3)nc3sc4c(c23)CCC4)C1. The van der Waals surface area contributed by atoms with Crippen molar-refractivity contribution in [3.63, 3.8) is 0 Å². The van der Waals surface area contributed by atoms with Gasteiger partial charge in [-0.15, -0.1) is 17.9 Å². The molecule has 138 valence electrons. The van der Waals surface area contributed by atoms with E-state index in [2.05, 4.69) is 16.5 Å². The van der Waals surface area contributed by atoms with Crippen molar-refractivity contribution in [2.45, 2.75) is 31.8 Å². The van der Waals surface area contributed by atoms with Crippen LogP contribution in [0.5, 0.6) is 0 Å². The maximum Gasteiger partial charge on any atom is 0.164 e. The number of hydrogen-bond acceptors (Lipinski definition) is 6. The van der Waals surface area contributed by atoms with E-state index in [4.69, 9.17) is 14.7 Å². The Morgan fingerprint density at radius 2 is 2.30 bits per heavy atom. The largest absolute Gasteiger partial charge is 0.372 e. The van der Waals surface area contributed by atoms with Gasteiger partial charge in [-0.3, -0.25) is 4.98 Å². The standard InChI is InChI=1S/C21H22N4OS/c1-2-11-26-15-8-10-25(13-15)20-18-16-6-3-7-17(16)27-21(18)24-19(23-20)14-5-4-9-22-12-14/h2,4-5,9,12,15H,1,3,6-8,10-11,13H2. The summed E-state index contributed by atoms with van der Waals surface area (Å²) in [5.74, 6) is 1.84. The fourth-order valence-corrected chi connectivity index (χ4v) is 5.35. The number of pyridine rings is 1. The summed E-state index contributed by atoms with van der Waals surface area (Å²) < 4.78 is 5.89. The molecule has 0 amide bonds. The second kappa shape index (κ2) is 7.02.